The van der Waals surface area contributed by atoms with Crippen molar-refractivity contribution in [2.24, 2.45) is 0 Å². The Bertz CT molecular complexity index is 110. The van der Waals surface area contributed by atoms with Crippen LogP contribution in [0.25, 0.3) is 0 Å². The Hall–Kier alpha value is -0.0800. The first-order chi connectivity index (χ1) is 5.84. The van der Waals surface area contributed by atoms with Crippen LogP contribution in [0.3, 0.4) is 0 Å². The summed E-state index contributed by atoms with van der Waals surface area (Å²) >= 11 is 0. The van der Waals surface area contributed by atoms with Crippen molar-refractivity contribution in [1.29, 1.82) is 0 Å². The normalized spacial score (nSPS) is 18.2. The Kier molecular flexibility index (Phi) is 4.62. The van der Waals surface area contributed by atoms with Crippen molar-refractivity contribution in [2.75, 3.05) is 26.7 Å². The zero-order valence-electron chi connectivity index (χ0n) is 8.47. The van der Waals surface area contributed by atoms with E-state index in [1.165, 1.54) is 45.3 Å². The molecule has 0 aromatic heterocycles. The average Bonchev–Trinajstić information content (AvgIpc) is 1.95. The van der Waals surface area contributed by atoms with Gasteiger partial charge >= 0.3 is 0 Å². The molecule has 2 heteroatoms. The van der Waals surface area contributed by atoms with E-state index in [1.54, 1.807) is 0 Å². The van der Waals surface area contributed by atoms with Gasteiger partial charge in [-0.2, -0.15) is 0 Å². The van der Waals surface area contributed by atoms with Gasteiger partial charge in [-0.25, -0.2) is 0 Å². The quantitative estimate of drug-likeness (QED) is 0.607. The second kappa shape index (κ2) is 5.55. The SMILES string of the molecule is CCCCCCN(C)C1CNC1. The first kappa shape index (κ1) is 10.0. The number of hydrogen-bond acceptors (Lipinski definition) is 2. The van der Waals surface area contributed by atoms with E-state index in [0.717, 1.165) is 6.04 Å². The van der Waals surface area contributed by atoms with Crippen molar-refractivity contribution in [3.05, 3.63) is 0 Å². The monoisotopic (exact) mass is 170 g/mol. The molecule has 72 valence electrons. The van der Waals surface area contributed by atoms with E-state index >= 15 is 0 Å². The molecule has 1 rings (SSSR count). The molecule has 1 saturated heterocycles. The molecule has 1 N–H and O–H groups in total. The van der Waals surface area contributed by atoms with Gasteiger partial charge < -0.3 is 10.2 Å². The van der Waals surface area contributed by atoms with Crippen molar-refractivity contribution in [3.8, 4) is 0 Å². The lowest BCUT2D eigenvalue weighted by Crippen LogP contribution is -2.55. The zero-order valence-corrected chi connectivity index (χ0v) is 8.47. The second-order valence-electron chi connectivity index (χ2n) is 3.85. The fourth-order valence-corrected chi connectivity index (χ4v) is 1.56. The molecule has 0 aromatic carbocycles. The van der Waals surface area contributed by atoms with E-state index in [1.807, 2.05) is 0 Å². The number of hydrogen-bond donors (Lipinski definition) is 1. The van der Waals surface area contributed by atoms with Gasteiger partial charge in [-0.3, -0.25) is 0 Å². The Labute approximate surface area is 76.3 Å². The number of rotatable bonds is 6. The van der Waals surface area contributed by atoms with Gasteiger partial charge in [0.2, 0.25) is 0 Å². The zero-order chi connectivity index (χ0) is 8.81. The molecule has 12 heavy (non-hydrogen) atoms. The van der Waals surface area contributed by atoms with Crippen LogP contribution >= 0.6 is 0 Å². The molecule has 1 aliphatic heterocycles. The summed E-state index contributed by atoms with van der Waals surface area (Å²) < 4.78 is 0. The third-order valence-corrected chi connectivity index (χ3v) is 2.75. The third-order valence-electron chi connectivity index (χ3n) is 2.75. The molecule has 0 atom stereocenters. The van der Waals surface area contributed by atoms with Gasteiger partial charge in [-0.15, -0.1) is 0 Å². The van der Waals surface area contributed by atoms with Crippen LogP contribution in [-0.2, 0) is 0 Å². The highest BCUT2D eigenvalue weighted by Gasteiger charge is 2.20. The first-order valence-corrected chi connectivity index (χ1v) is 5.25. The lowest BCUT2D eigenvalue weighted by Gasteiger charge is -2.35. The highest BCUT2D eigenvalue weighted by atomic mass is 15.2. The maximum absolute atomic E-state index is 3.30. The number of unbranched alkanes of at least 4 members (excludes halogenated alkanes) is 3. The standard InChI is InChI=1S/C10H22N2/c1-3-4-5-6-7-12(2)10-8-11-9-10/h10-11H,3-9H2,1-2H3. The molecule has 0 amide bonds. The summed E-state index contributed by atoms with van der Waals surface area (Å²) in [5.41, 5.74) is 0. The van der Waals surface area contributed by atoms with Crippen molar-refractivity contribution in [2.45, 2.75) is 38.6 Å². The molecule has 1 aliphatic rings. The van der Waals surface area contributed by atoms with Crippen LogP contribution in [0.2, 0.25) is 0 Å². The lowest BCUT2D eigenvalue weighted by molar-refractivity contribution is 0.177. The molecule has 1 fully saturated rings. The molecule has 0 radical (unpaired) electrons. The van der Waals surface area contributed by atoms with E-state index in [4.69, 9.17) is 0 Å². The molecule has 0 spiro atoms. The summed E-state index contributed by atoms with van der Waals surface area (Å²) in [7, 11) is 2.25. The maximum Gasteiger partial charge on any atom is 0.0342 e. The Morgan fingerprint density at radius 1 is 1.25 bits per heavy atom. The van der Waals surface area contributed by atoms with Crippen molar-refractivity contribution in [3.63, 3.8) is 0 Å². The van der Waals surface area contributed by atoms with E-state index in [-0.39, 0.29) is 0 Å². The first-order valence-electron chi connectivity index (χ1n) is 5.25. The van der Waals surface area contributed by atoms with Crippen molar-refractivity contribution < 1.29 is 0 Å². The summed E-state index contributed by atoms with van der Waals surface area (Å²) in [6, 6.07) is 0.826. The summed E-state index contributed by atoms with van der Waals surface area (Å²) in [6.45, 7) is 5.94. The van der Waals surface area contributed by atoms with E-state index in [0.29, 0.717) is 0 Å². The van der Waals surface area contributed by atoms with Crippen molar-refractivity contribution in [1.82, 2.24) is 10.2 Å². The fraction of sp³-hybridized carbons (Fsp3) is 1.00. The second-order valence-corrected chi connectivity index (χ2v) is 3.85. The van der Waals surface area contributed by atoms with Crippen molar-refractivity contribution >= 4 is 0 Å². The molecule has 0 bridgehead atoms. The van der Waals surface area contributed by atoms with Gasteiger partial charge in [-0.1, -0.05) is 26.2 Å². The Morgan fingerprint density at radius 2 is 2.00 bits per heavy atom. The summed E-state index contributed by atoms with van der Waals surface area (Å²) in [6.07, 6.45) is 5.52. The number of nitrogens with zero attached hydrogens (tertiary/aromatic N) is 1. The van der Waals surface area contributed by atoms with Gasteiger partial charge in [0.15, 0.2) is 0 Å². The van der Waals surface area contributed by atoms with E-state index in [2.05, 4.69) is 24.2 Å². The van der Waals surface area contributed by atoms with Gasteiger partial charge in [0.1, 0.15) is 0 Å². The molecular formula is C10H22N2. The lowest BCUT2D eigenvalue weighted by atomic mass is 10.1. The largest absolute Gasteiger partial charge is 0.314 e. The predicted octanol–water partition coefficient (Wildman–Crippen LogP) is 1.47. The van der Waals surface area contributed by atoms with Crippen LogP contribution in [0, 0.1) is 0 Å². The maximum atomic E-state index is 3.30. The van der Waals surface area contributed by atoms with Crippen LogP contribution in [0.15, 0.2) is 0 Å². The minimum absolute atomic E-state index is 0.826. The Morgan fingerprint density at radius 3 is 2.50 bits per heavy atom. The third kappa shape index (κ3) is 3.11. The van der Waals surface area contributed by atoms with Gasteiger partial charge in [0.25, 0.3) is 0 Å². The summed E-state index contributed by atoms with van der Waals surface area (Å²) in [5, 5.41) is 3.30. The number of likely N-dealkylation sites (N-methyl/N-ethyl adjacent to an activating group) is 1. The van der Waals surface area contributed by atoms with Crippen LogP contribution in [-0.4, -0.2) is 37.6 Å². The van der Waals surface area contributed by atoms with Crippen LogP contribution in [0.5, 0.6) is 0 Å². The minimum atomic E-state index is 0.826. The minimum Gasteiger partial charge on any atom is -0.314 e. The molecule has 0 aliphatic carbocycles. The van der Waals surface area contributed by atoms with Crippen LogP contribution in [0.1, 0.15) is 32.6 Å². The molecule has 1 heterocycles. The fourth-order valence-electron chi connectivity index (χ4n) is 1.56. The molecule has 0 unspecified atom stereocenters. The van der Waals surface area contributed by atoms with E-state index < -0.39 is 0 Å². The molecule has 2 nitrogen and oxygen atoms in total. The average molecular weight is 170 g/mol. The summed E-state index contributed by atoms with van der Waals surface area (Å²) in [4.78, 5) is 2.49. The smallest absolute Gasteiger partial charge is 0.0342 e. The molecular weight excluding hydrogens is 148 g/mol. The highest BCUT2D eigenvalue weighted by molar-refractivity contribution is 4.82. The highest BCUT2D eigenvalue weighted by Crippen LogP contribution is 2.05. The molecule has 0 aromatic rings. The predicted molar refractivity (Wildman–Crippen MR) is 53.4 cm³/mol. The van der Waals surface area contributed by atoms with Gasteiger partial charge in [-0.05, 0) is 20.0 Å². The summed E-state index contributed by atoms with van der Waals surface area (Å²) in [5.74, 6) is 0. The van der Waals surface area contributed by atoms with E-state index in [9.17, 15) is 0 Å². The van der Waals surface area contributed by atoms with Crippen LogP contribution in [0.4, 0.5) is 0 Å². The van der Waals surface area contributed by atoms with Gasteiger partial charge in [0.05, 0.1) is 0 Å². The molecule has 0 saturated carbocycles. The van der Waals surface area contributed by atoms with Crippen LogP contribution < -0.4 is 5.32 Å². The topological polar surface area (TPSA) is 15.3 Å². The number of nitrogens with one attached hydrogen (secondary N) is 1. The van der Waals surface area contributed by atoms with Gasteiger partial charge in [0, 0.05) is 19.1 Å². The Balaban J connectivity index is 1.91.